The Morgan fingerprint density at radius 3 is 2.61 bits per heavy atom. The lowest BCUT2D eigenvalue weighted by molar-refractivity contribution is 0.120. The number of likely N-dealkylation sites (tertiary alicyclic amines) is 1. The summed E-state index contributed by atoms with van der Waals surface area (Å²) in [7, 11) is 0. The minimum atomic E-state index is 0.751. The topological polar surface area (TPSA) is 24.5 Å². The highest BCUT2D eigenvalue weighted by molar-refractivity contribution is 4.76. The van der Waals surface area contributed by atoms with Crippen LogP contribution in [0, 0.1) is 5.92 Å². The van der Waals surface area contributed by atoms with Crippen LogP contribution in [0.4, 0.5) is 0 Å². The van der Waals surface area contributed by atoms with Crippen LogP contribution < -0.4 is 5.32 Å². The summed E-state index contributed by atoms with van der Waals surface area (Å²) in [4.78, 5) is 2.59. The van der Waals surface area contributed by atoms with Gasteiger partial charge in [-0.2, -0.15) is 0 Å². The van der Waals surface area contributed by atoms with E-state index >= 15 is 0 Å². The fourth-order valence-electron chi connectivity index (χ4n) is 2.69. The molecule has 106 valence electrons. The third-order valence-corrected chi connectivity index (χ3v) is 4.08. The predicted molar refractivity (Wildman–Crippen MR) is 75.9 cm³/mol. The zero-order chi connectivity index (χ0) is 12.6. The molecule has 1 N–H and O–H groups in total. The van der Waals surface area contributed by atoms with E-state index in [1.807, 2.05) is 0 Å². The SMILES string of the molecule is CCCN1CCC(NCCCOCC2CC2)CC1. The van der Waals surface area contributed by atoms with Gasteiger partial charge < -0.3 is 15.0 Å². The van der Waals surface area contributed by atoms with Gasteiger partial charge in [0.1, 0.15) is 0 Å². The molecule has 0 aromatic heterocycles. The first-order valence-corrected chi connectivity index (χ1v) is 7.92. The van der Waals surface area contributed by atoms with E-state index in [4.69, 9.17) is 4.74 Å². The van der Waals surface area contributed by atoms with E-state index in [9.17, 15) is 0 Å². The fraction of sp³-hybridized carbons (Fsp3) is 1.00. The molecule has 0 aromatic carbocycles. The van der Waals surface area contributed by atoms with E-state index in [1.54, 1.807) is 0 Å². The van der Waals surface area contributed by atoms with Crippen LogP contribution in [0.25, 0.3) is 0 Å². The van der Waals surface area contributed by atoms with E-state index in [2.05, 4.69) is 17.1 Å². The first-order chi connectivity index (χ1) is 8.88. The molecule has 1 heterocycles. The third-order valence-electron chi connectivity index (χ3n) is 4.08. The molecule has 2 fully saturated rings. The summed E-state index contributed by atoms with van der Waals surface area (Å²) in [6.45, 7) is 9.19. The van der Waals surface area contributed by atoms with Crippen molar-refractivity contribution in [2.45, 2.75) is 51.5 Å². The summed E-state index contributed by atoms with van der Waals surface area (Å²) in [6.07, 6.45) is 7.90. The maximum absolute atomic E-state index is 5.65. The molecule has 0 amide bonds. The Kier molecular flexibility index (Phi) is 6.46. The van der Waals surface area contributed by atoms with E-state index < -0.39 is 0 Å². The Bertz CT molecular complexity index is 211. The highest BCUT2D eigenvalue weighted by Crippen LogP contribution is 2.28. The lowest BCUT2D eigenvalue weighted by atomic mass is 10.0. The average Bonchev–Trinajstić information content (AvgIpc) is 3.20. The molecule has 3 heteroatoms. The third kappa shape index (κ3) is 5.68. The average molecular weight is 254 g/mol. The molecule has 0 radical (unpaired) electrons. The second-order valence-electron chi connectivity index (χ2n) is 5.94. The Morgan fingerprint density at radius 2 is 1.94 bits per heavy atom. The molecule has 2 aliphatic rings. The molecule has 18 heavy (non-hydrogen) atoms. The Labute approximate surface area is 112 Å². The lowest BCUT2D eigenvalue weighted by Crippen LogP contribution is -2.43. The summed E-state index contributed by atoms with van der Waals surface area (Å²) in [5.74, 6) is 0.904. The van der Waals surface area contributed by atoms with Crippen LogP contribution in [0.2, 0.25) is 0 Å². The van der Waals surface area contributed by atoms with Gasteiger partial charge in [-0.05, 0) is 70.6 Å². The molecular weight excluding hydrogens is 224 g/mol. The Morgan fingerprint density at radius 1 is 1.17 bits per heavy atom. The molecule has 1 aliphatic carbocycles. The molecule has 2 rings (SSSR count). The van der Waals surface area contributed by atoms with Gasteiger partial charge in [0.25, 0.3) is 0 Å². The molecule has 0 spiro atoms. The van der Waals surface area contributed by atoms with Crippen molar-refractivity contribution in [1.82, 2.24) is 10.2 Å². The van der Waals surface area contributed by atoms with Gasteiger partial charge >= 0.3 is 0 Å². The number of ether oxygens (including phenoxy) is 1. The number of nitrogens with one attached hydrogen (secondary N) is 1. The molecule has 3 nitrogen and oxygen atoms in total. The van der Waals surface area contributed by atoms with Crippen LogP contribution in [0.3, 0.4) is 0 Å². The number of hydrogen-bond acceptors (Lipinski definition) is 3. The normalized spacial score (nSPS) is 22.5. The van der Waals surface area contributed by atoms with Crippen molar-refractivity contribution in [3.8, 4) is 0 Å². The van der Waals surface area contributed by atoms with Gasteiger partial charge in [0.05, 0.1) is 0 Å². The van der Waals surface area contributed by atoms with E-state index in [1.165, 1.54) is 58.2 Å². The number of piperidine rings is 1. The largest absolute Gasteiger partial charge is 0.381 e. The van der Waals surface area contributed by atoms with Gasteiger partial charge in [-0.1, -0.05) is 6.92 Å². The van der Waals surface area contributed by atoms with Crippen LogP contribution in [0.5, 0.6) is 0 Å². The van der Waals surface area contributed by atoms with Crippen molar-refractivity contribution >= 4 is 0 Å². The quantitative estimate of drug-likeness (QED) is 0.639. The van der Waals surface area contributed by atoms with Crippen molar-refractivity contribution < 1.29 is 4.74 Å². The smallest absolute Gasteiger partial charge is 0.0494 e. The zero-order valence-electron chi connectivity index (χ0n) is 12.0. The molecule has 1 saturated heterocycles. The zero-order valence-corrected chi connectivity index (χ0v) is 12.0. The van der Waals surface area contributed by atoms with Gasteiger partial charge in [-0.3, -0.25) is 0 Å². The monoisotopic (exact) mass is 254 g/mol. The first-order valence-electron chi connectivity index (χ1n) is 7.92. The molecular formula is C15H30N2O. The van der Waals surface area contributed by atoms with Gasteiger partial charge in [-0.25, -0.2) is 0 Å². The van der Waals surface area contributed by atoms with Gasteiger partial charge in [0.2, 0.25) is 0 Å². The molecule has 0 aromatic rings. The standard InChI is InChI=1S/C15H30N2O/c1-2-9-17-10-6-15(7-11-17)16-8-3-12-18-13-14-4-5-14/h14-16H,2-13H2,1H3. The number of hydrogen-bond donors (Lipinski definition) is 1. The summed E-state index contributed by atoms with van der Waals surface area (Å²) in [6, 6.07) is 0.751. The van der Waals surface area contributed by atoms with Crippen LogP contribution in [-0.2, 0) is 4.74 Å². The summed E-state index contributed by atoms with van der Waals surface area (Å²) in [5, 5.41) is 3.68. The Balaban J connectivity index is 1.40. The summed E-state index contributed by atoms with van der Waals surface area (Å²) in [5.41, 5.74) is 0. The summed E-state index contributed by atoms with van der Waals surface area (Å²) >= 11 is 0. The second kappa shape index (κ2) is 8.13. The molecule has 1 saturated carbocycles. The van der Waals surface area contributed by atoms with Crippen molar-refractivity contribution in [1.29, 1.82) is 0 Å². The van der Waals surface area contributed by atoms with Gasteiger partial charge in [0, 0.05) is 19.3 Å². The van der Waals surface area contributed by atoms with Crippen LogP contribution in [0.1, 0.15) is 45.4 Å². The van der Waals surface area contributed by atoms with Crippen molar-refractivity contribution in [3.05, 3.63) is 0 Å². The van der Waals surface area contributed by atoms with Crippen molar-refractivity contribution in [2.24, 2.45) is 5.92 Å². The van der Waals surface area contributed by atoms with Crippen molar-refractivity contribution in [2.75, 3.05) is 39.4 Å². The van der Waals surface area contributed by atoms with E-state index in [0.29, 0.717) is 0 Å². The Hall–Kier alpha value is -0.120. The van der Waals surface area contributed by atoms with Gasteiger partial charge in [0.15, 0.2) is 0 Å². The molecule has 0 atom stereocenters. The number of nitrogens with zero attached hydrogens (tertiary/aromatic N) is 1. The van der Waals surface area contributed by atoms with Crippen LogP contribution in [0.15, 0.2) is 0 Å². The molecule has 1 aliphatic heterocycles. The maximum atomic E-state index is 5.65. The van der Waals surface area contributed by atoms with Crippen LogP contribution in [-0.4, -0.2) is 50.3 Å². The van der Waals surface area contributed by atoms with E-state index in [-0.39, 0.29) is 0 Å². The molecule has 0 unspecified atom stereocenters. The van der Waals surface area contributed by atoms with Crippen molar-refractivity contribution in [3.63, 3.8) is 0 Å². The predicted octanol–water partition coefficient (Wildman–Crippen LogP) is 2.27. The highest BCUT2D eigenvalue weighted by atomic mass is 16.5. The van der Waals surface area contributed by atoms with Gasteiger partial charge in [-0.15, -0.1) is 0 Å². The number of rotatable bonds is 9. The summed E-state index contributed by atoms with van der Waals surface area (Å²) < 4.78 is 5.65. The molecule has 0 bridgehead atoms. The highest BCUT2D eigenvalue weighted by Gasteiger charge is 2.21. The fourth-order valence-corrected chi connectivity index (χ4v) is 2.69. The minimum Gasteiger partial charge on any atom is -0.381 e. The van der Waals surface area contributed by atoms with Crippen LogP contribution >= 0.6 is 0 Å². The maximum Gasteiger partial charge on any atom is 0.0494 e. The van der Waals surface area contributed by atoms with E-state index in [0.717, 1.165) is 31.7 Å². The first kappa shape index (κ1) is 14.3. The second-order valence-corrected chi connectivity index (χ2v) is 5.94. The minimum absolute atomic E-state index is 0.751. The lowest BCUT2D eigenvalue weighted by Gasteiger charge is -2.32.